The third kappa shape index (κ3) is 5.23. The van der Waals surface area contributed by atoms with Gasteiger partial charge in [0.05, 0.1) is 0 Å². The fourth-order valence-corrected chi connectivity index (χ4v) is 1.81. The zero-order valence-corrected chi connectivity index (χ0v) is 12.9. The molecule has 0 saturated carbocycles. The Hall–Kier alpha value is -1.73. The van der Waals surface area contributed by atoms with Gasteiger partial charge in [0.15, 0.2) is 11.6 Å². The summed E-state index contributed by atoms with van der Waals surface area (Å²) in [7, 11) is 0. The second-order valence-electron chi connectivity index (χ2n) is 5.52. The van der Waals surface area contributed by atoms with Crippen molar-refractivity contribution in [2.45, 2.75) is 20.3 Å². The van der Waals surface area contributed by atoms with Crippen LogP contribution < -0.4 is 10.6 Å². The molecule has 1 aromatic carbocycles. The van der Waals surface area contributed by atoms with Crippen molar-refractivity contribution in [1.82, 2.24) is 5.32 Å². The van der Waals surface area contributed by atoms with Crippen LogP contribution in [0.4, 0.5) is 14.5 Å². The van der Waals surface area contributed by atoms with E-state index >= 15 is 0 Å². The van der Waals surface area contributed by atoms with E-state index in [9.17, 15) is 18.4 Å². The fraction of sp³-hybridized carbons (Fsp3) is 0.429. The summed E-state index contributed by atoms with van der Waals surface area (Å²) < 4.78 is 27.0. The lowest BCUT2D eigenvalue weighted by Gasteiger charge is -2.23. The number of hydrogen-bond donors (Lipinski definition) is 3. The molecule has 1 rings (SSSR count). The Morgan fingerprint density at radius 2 is 1.77 bits per heavy atom. The molecule has 0 aliphatic rings. The van der Waals surface area contributed by atoms with Gasteiger partial charge in [-0.05, 0) is 24.0 Å². The highest BCUT2D eigenvalue weighted by atomic mass is 35.5. The molecule has 8 heteroatoms. The molecule has 0 bridgehead atoms. The van der Waals surface area contributed by atoms with E-state index < -0.39 is 34.6 Å². The normalized spacial score (nSPS) is 11.2. The van der Waals surface area contributed by atoms with Crippen molar-refractivity contribution in [1.29, 1.82) is 0 Å². The Bertz CT molecular complexity index is 556. The quantitative estimate of drug-likeness (QED) is 0.721. The first-order valence-corrected chi connectivity index (χ1v) is 6.88. The first-order valence-electron chi connectivity index (χ1n) is 6.51. The topological polar surface area (TPSA) is 78.4 Å². The van der Waals surface area contributed by atoms with Crippen LogP contribution in [0.2, 0.25) is 5.02 Å². The molecule has 1 aromatic rings. The van der Waals surface area contributed by atoms with Crippen molar-refractivity contribution in [3.8, 4) is 0 Å². The van der Waals surface area contributed by atoms with Gasteiger partial charge in [-0.3, -0.25) is 9.59 Å². The van der Waals surface area contributed by atoms with Crippen LogP contribution in [0.3, 0.4) is 0 Å². The van der Waals surface area contributed by atoms with Gasteiger partial charge in [-0.25, -0.2) is 8.78 Å². The lowest BCUT2D eigenvalue weighted by atomic mass is 9.90. The van der Waals surface area contributed by atoms with E-state index in [1.165, 1.54) is 0 Å². The van der Waals surface area contributed by atoms with Crippen LogP contribution in [0.5, 0.6) is 0 Å². The van der Waals surface area contributed by atoms with Gasteiger partial charge >= 0.3 is 11.8 Å². The minimum Gasteiger partial charge on any atom is -0.396 e. The molecule has 22 heavy (non-hydrogen) atoms. The number of aliphatic hydroxyl groups excluding tert-OH is 1. The van der Waals surface area contributed by atoms with E-state index in [1.54, 1.807) is 13.8 Å². The number of halogens is 3. The van der Waals surface area contributed by atoms with E-state index in [4.69, 9.17) is 16.7 Å². The molecule has 0 unspecified atom stereocenters. The molecular weight excluding hydrogens is 318 g/mol. The molecule has 0 aliphatic heterocycles. The van der Waals surface area contributed by atoms with Crippen molar-refractivity contribution >= 4 is 29.1 Å². The van der Waals surface area contributed by atoms with Crippen molar-refractivity contribution < 1.29 is 23.5 Å². The summed E-state index contributed by atoms with van der Waals surface area (Å²) in [5.74, 6) is -4.38. The molecule has 0 aliphatic carbocycles. The third-order valence-electron chi connectivity index (χ3n) is 2.97. The highest BCUT2D eigenvalue weighted by Gasteiger charge is 2.22. The maximum atomic E-state index is 13.5. The maximum absolute atomic E-state index is 13.5. The van der Waals surface area contributed by atoms with Gasteiger partial charge in [-0.15, -0.1) is 0 Å². The molecule has 3 N–H and O–H groups in total. The van der Waals surface area contributed by atoms with Gasteiger partial charge in [0.25, 0.3) is 0 Å². The largest absolute Gasteiger partial charge is 0.396 e. The van der Waals surface area contributed by atoms with Gasteiger partial charge in [0.2, 0.25) is 0 Å². The van der Waals surface area contributed by atoms with Crippen LogP contribution in [0.25, 0.3) is 0 Å². The van der Waals surface area contributed by atoms with Crippen LogP contribution in [0.15, 0.2) is 12.1 Å². The molecule has 5 nitrogen and oxygen atoms in total. The van der Waals surface area contributed by atoms with Crippen molar-refractivity contribution in [3.05, 3.63) is 28.8 Å². The molecule has 0 aromatic heterocycles. The summed E-state index contributed by atoms with van der Waals surface area (Å²) in [5, 5.41) is 12.9. The molecule has 0 fully saturated rings. The Labute approximate surface area is 131 Å². The zero-order valence-electron chi connectivity index (χ0n) is 12.2. The summed E-state index contributed by atoms with van der Waals surface area (Å²) in [5.41, 5.74) is -1.15. The number of benzene rings is 1. The van der Waals surface area contributed by atoms with Gasteiger partial charge in [-0.2, -0.15) is 0 Å². The summed E-state index contributed by atoms with van der Waals surface area (Å²) in [6.07, 6.45) is 0.426. The SMILES string of the molecule is CC(C)(CCO)CNC(=O)C(=O)Nc1c(F)cc(Cl)cc1F. The predicted octanol–water partition coefficient (Wildman–Crippen LogP) is 2.08. The monoisotopic (exact) mass is 334 g/mol. The molecular formula is C14H17ClF2N2O3. The zero-order chi connectivity index (χ0) is 16.9. The third-order valence-corrected chi connectivity index (χ3v) is 3.19. The molecule has 2 amide bonds. The van der Waals surface area contributed by atoms with Crippen LogP contribution in [0.1, 0.15) is 20.3 Å². The number of carbonyl (C=O) groups is 2. The minimum atomic E-state index is -1.19. The van der Waals surface area contributed by atoms with E-state index in [-0.39, 0.29) is 18.2 Å². The average molecular weight is 335 g/mol. The van der Waals surface area contributed by atoms with Crippen molar-refractivity contribution in [2.24, 2.45) is 5.41 Å². The number of nitrogens with one attached hydrogen (secondary N) is 2. The first kappa shape index (κ1) is 18.3. The highest BCUT2D eigenvalue weighted by molar-refractivity contribution is 6.39. The molecule has 0 heterocycles. The smallest absolute Gasteiger partial charge is 0.313 e. The predicted molar refractivity (Wildman–Crippen MR) is 78.5 cm³/mol. The van der Waals surface area contributed by atoms with Crippen LogP contribution in [-0.4, -0.2) is 30.1 Å². The molecule has 0 radical (unpaired) electrons. The Morgan fingerprint density at radius 1 is 1.23 bits per heavy atom. The van der Waals surface area contributed by atoms with Crippen LogP contribution >= 0.6 is 11.6 Å². The van der Waals surface area contributed by atoms with Gasteiger partial charge < -0.3 is 15.7 Å². The summed E-state index contributed by atoms with van der Waals surface area (Å²) in [6.45, 7) is 3.65. The number of carbonyl (C=O) groups excluding carboxylic acids is 2. The Kier molecular flexibility index (Phi) is 6.25. The lowest BCUT2D eigenvalue weighted by Crippen LogP contribution is -2.41. The average Bonchev–Trinajstić information content (AvgIpc) is 2.39. The van der Waals surface area contributed by atoms with Crippen molar-refractivity contribution in [3.63, 3.8) is 0 Å². The van der Waals surface area contributed by atoms with E-state index in [0.29, 0.717) is 6.42 Å². The summed E-state index contributed by atoms with van der Waals surface area (Å²) >= 11 is 5.46. The van der Waals surface area contributed by atoms with Gasteiger partial charge in [-0.1, -0.05) is 25.4 Å². The molecule has 0 spiro atoms. The second kappa shape index (κ2) is 7.51. The lowest BCUT2D eigenvalue weighted by molar-refractivity contribution is -0.136. The van der Waals surface area contributed by atoms with Crippen molar-refractivity contribution in [2.75, 3.05) is 18.5 Å². The molecule has 0 saturated heterocycles. The number of amides is 2. The highest BCUT2D eigenvalue weighted by Crippen LogP contribution is 2.23. The van der Waals surface area contributed by atoms with Gasteiger partial charge in [0, 0.05) is 18.2 Å². The van der Waals surface area contributed by atoms with E-state index in [0.717, 1.165) is 12.1 Å². The minimum absolute atomic E-state index is 0.0593. The number of hydrogen-bond acceptors (Lipinski definition) is 3. The van der Waals surface area contributed by atoms with Crippen LogP contribution in [-0.2, 0) is 9.59 Å². The van der Waals surface area contributed by atoms with Crippen LogP contribution in [0, 0.1) is 17.0 Å². The standard InChI is InChI=1S/C14H17ClF2N2O3/c1-14(2,3-4-20)7-18-12(21)13(22)19-11-9(16)5-8(15)6-10(11)17/h5-6,20H,3-4,7H2,1-2H3,(H,18,21)(H,19,22). The van der Waals surface area contributed by atoms with E-state index in [2.05, 4.69) is 5.32 Å². The number of aliphatic hydroxyl groups is 1. The maximum Gasteiger partial charge on any atom is 0.313 e. The summed E-state index contributed by atoms with van der Waals surface area (Å²) in [4.78, 5) is 23.3. The first-order chi connectivity index (χ1) is 10.2. The number of anilines is 1. The summed E-state index contributed by atoms with van der Waals surface area (Å²) in [6, 6.07) is 1.64. The number of rotatable bonds is 5. The Balaban J connectivity index is 2.68. The fourth-order valence-electron chi connectivity index (χ4n) is 1.62. The molecule has 122 valence electrons. The van der Waals surface area contributed by atoms with Gasteiger partial charge in [0.1, 0.15) is 5.69 Å². The Morgan fingerprint density at radius 3 is 2.27 bits per heavy atom. The van der Waals surface area contributed by atoms with E-state index in [1.807, 2.05) is 5.32 Å². The molecule has 0 atom stereocenters. The second-order valence-corrected chi connectivity index (χ2v) is 5.96.